The van der Waals surface area contributed by atoms with Gasteiger partial charge in [-0.3, -0.25) is 9.78 Å². The highest BCUT2D eigenvalue weighted by Crippen LogP contribution is 2.02. The standard InChI is InChI=1S/C13H13N3O2S/c14-12(19)9-3-4-11(16-8-9)13(17)15-6-5-10-2-1-7-18-10/h1-4,7-8H,5-6H2,(H2,14,19)(H,15,17). The average Bonchev–Trinajstić information content (AvgIpc) is 2.92. The number of rotatable bonds is 5. The molecule has 2 aromatic heterocycles. The van der Waals surface area contributed by atoms with Gasteiger partial charge in [-0.15, -0.1) is 0 Å². The zero-order chi connectivity index (χ0) is 13.7. The molecule has 0 fully saturated rings. The van der Waals surface area contributed by atoms with Crippen molar-refractivity contribution in [3.05, 3.63) is 53.7 Å². The summed E-state index contributed by atoms with van der Waals surface area (Å²) >= 11 is 4.81. The molecular weight excluding hydrogens is 262 g/mol. The van der Waals surface area contributed by atoms with Crippen LogP contribution < -0.4 is 11.1 Å². The lowest BCUT2D eigenvalue weighted by Gasteiger charge is -2.04. The zero-order valence-electron chi connectivity index (χ0n) is 10.1. The van der Waals surface area contributed by atoms with Gasteiger partial charge >= 0.3 is 0 Å². The molecule has 0 saturated heterocycles. The summed E-state index contributed by atoms with van der Waals surface area (Å²) in [6, 6.07) is 6.95. The molecule has 0 aromatic carbocycles. The second-order valence-corrected chi connectivity index (χ2v) is 4.32. The molecule has 2 rings (SSSR count). The van der Waals surface area contributed by atoms with Crippen molar-refractivity contribution in [2.24, 2.45) is 5.73 Å². The zero-order valence-corrected chi connectivity index (χ0v) is 10.9. The van der Waals surface area contributed by atoms with Crippen LogP contribution in [0.2, 0.25) is 0 Å². The highest BCUT2D eigenvalue weighted by atomic mass is 32.1. The van der Waals surface area contributed by atoms with Gasteiger partial charge in [-0.25, -0.2) is 0 Å². The van der Waals surface area contributed by atoms with Crippen molar-refractivity contribution in [1.82, 2.24) is 10.3 Å². The number of aromatic nitrogens is 1. The Kier molecular flexibility index (Phi) is 4.25. The summed E-state index contributed by atoms with van der Waals surface area (Å²) in [5.74, 6) is 0.595. The van der Waals surface area contributed by atoms with E-state index in [4.69, 9.17) is 22.4 Å². The number of hydrogen-bond acceptors (Lipinski definition) is 4. The van der Waals surface area contributed by atoms with E-state index >= 15 is 0 Å². The maximum Gasteiger partial charge on any atom is 0.269 e. The van der Waals surface area contributed by atoms with Crippen LogP contribution in [0.5, 0.6) is 0 Å². The van der Waals surface area contributed by atoms with Gasteiger partial charge in [0.25, 0.3) is 5.91 Å². The SMILES string of the molecule is NC(=S)c1ccc(C(=O)NCCc2ccco2)nc1. The first-order chi connectivity index (χ1) is 9.16. The Morgan fingerprint density at radius 2 is 2.26 bits per heavy atom. The van der Waals surface area contributed by atoms with Gasteiger partial charge < -0.3 is 15.5 Å². The average molecular weight is 275 g/mol. The second-order valence-electron chi connectivity index (χ2n) is 3.88. The molecule has 2 heterocycles. The highest BCUT2D eigenvalue weighted by molar-refractivity contribution is 7.80. The molecule has 0 saturated carbocycles. The Morgan fingerprint density at radius 3 is 2.84 bits per heavy atom. The van der Waals surface area contributed by atoms with Crippen LogP contribution in [0.25, 0.3) is 0 Å². The van der Waals surface area contributed by atoms with Gasteiger partial charge in [0.05, 0.1) is 6.26 Å². The van der Waals surface area contributed by atoms with Gasteiger partial charge in [0.15, 0.2) is 0 Å². The van der Waals surface area contributed by atoms with Crippen molar-refractivity contribution in [1.29, 1.82) is 0 Å². The van der Waals surface area contributed by atoms with Crippen molar-refractivity contribution < 1.29 is 9.21 Å². The quantitative estimate of drug-likeness (QED) is 0.803. The summed E-state index contributed by atoms with van der Waals surface area (Å²) in [6.45, 7) is 0.491. The molecule has 0 radical (unpaired) electrons. The number of furan rings is 1. The molecule has 5 nitrogen and oxygen atoms in total. The van der Waals surface area contributed by atoms with Crippen molar-refractivity contribution in [2.75, 3.05) is 6.54 Å². The summed E-state index contributed by atoms with van der Waals surface area (Å²) in [6.07, 6.45) is 3.74. The van der Waals surface area contributed by atoms with Gasteiger partial charge in [0, 0.05) is 24.7 Å². The largest absolute Gasteiger partial charge is 0.469 e. The molecule has 0 aliphatic rings. The minimum absolute atomic E-state index is 0.235. The van der Waals surface area contributed by atoms with Gasteiger partial charge in [0.2, 0.25) is 0 Å². The van der Waals surface area contributed by atoms with E-state index in [0.717, 1.165) is 5.76 Å². The molecule has 0 aliphatic heterocycles. The van der Waals surface area contributed by atoms with Crippen LogP contribution in [0.1, 0.15) is 21.8 Å². The number of carbonyl (C=O) groups is 1. The Labute approximate surface area is 115 Å². The van der Waals surface area contributed by atoms with Crippen LogP contribution in [0, 0.1) is 0 Å². The summed E-state index contributed by atoms with van der Waals surface area (Å²) in [7, 11) is 0. The Morgan fingerprint density at radius 1 is 1.42 bits per heavy atom. The number of carbonyl (C=O) groups excluding carboxylic acids is 1. The number of thiocarbonyl (C=S) groups is 1. The Bertz CT molecular complexity index is 564. The van der Waals surface area contributed by atoms with Crippen molar-refractivity contribution in [2.45, 2.75) is 6.42 Å². The van der Waals surface area contributed by atoms with E-state index in [2.05, 4.69) is 10.3 Å². The lowest BCUT2D eigenvalue weighted by molar-refractivity contribution is 0.0949. The predicted octanol–water partition coefficient (Wildman–Crippen LogP) is 1.28. The molecule has 0 spiro atoms. The fourth-order valence-corrected chi connectivity index (χ4v) is 1.64. The number of nitrogens with one attached hydrogen (secondary N) is 1. The maximum atomic E-state index is 11.8. The number of pyridine rings is 1. The minimum Gasteiger partial charge on any atom is -0.469 e. The second kappa shape index (κ2) is 6.10. The van der Waals surface area contributed by atoms with E-state index < -0.39 is 0 Å². The molecule has 19 heavy (non-hydrogen) atoms. The van der Waals surface area contributed by atoms with Gasteiger partial charge in [-0.05, 0) is 24.3 Å². The van der Waals surface area contributed by atoms with Crippen molar-refractivity contribution in [3.8, 4) is 0 Å². The first kappa shape index (κ1) is 13.2. The highest BCUT2D eigenvalue weighted by Gasteiger charge is 2.07. The fourth-order valence-electron chi connectivity index (χ4n) is 1.52. The monoisotopic (exact) mass is 275 g/mol. The molecule has 0 aliphatic carbocycles. The van der Waals surface area contributed by atoms with Gasteiger partial charge in [-0.1, -0.05) is 12.2 Å². The summed E-state index contributed by atoms with van der Waals surface area (Å²) in [5, 5.41) is 2.76. The van der Waals surface area contributed by atoms with E-state index in [0.29, 0.717) is 24.2 Å². The molecule has 2 aromatic rings. The van der Waals surface area contributed by atoms with E-state index in [1.807, 2.05) is 12.1 Å². The summed E-state index contributed by atoms with van der Waals surface area (Å²) in [4.78, 5) is 16.1. The molecular formula is C13H13N3O2S. The Hall–Kier alpha value is -2.21. The fraction of sp³-hybridized carbons (Fsp3) is 0.154. The summed E-state index contributed by atoms with van der Waals surface area (Å²) in [5.41, 5.74) is 6.43. The van der Waals surface area contributed by atoms with E-state index in [9.17, 15) is 4.79 Å². The molecule has 98 valence electrons. The third-order valence-electron chi connectivity index (χ3n) is 2.52. The normalized spacial score (nSPS) is 10.1. The van der Waals surface area contributed by atoms with Crippen LogP contribution >= 0.6 is 12.2 Å². The number of amides is 1. The third-order valence-corrected chi connectivity index (χ3v) is 2.75. The van der Waals surface area contributed by atoms with Crippen LogP contribution in [-0.2, 0) is 6.42 Å². The molecule has 0 atom stereocenters. The number of hydrogen-bond donors (Lipinski definition) is 2. The summed E-state index contributed by atoms with van der Waals surface area (Å²) < 4.78 is 5.17. The van der Waals surface area contributed by atoms with Crippen LogP contribution in [-0.4, -0.2) is 22.4 Å². The number of nitrogens with zero attached hydrogens (tertiary/aromatic N) is 1. The van der Waals surface area contributed by atoms with E-state index in [1.165, 1.54) is 6.20 Å². The Balaban J connectivity index is 1.87. The molecule has 6 heteroatoms. The molecule has 0 unspecified atom stereocenters. The van der Waals surface area contributed by atoms with Gasteiger partial charge in [-0.2, -0.15) is 0 Å². The lowest BCUT2D eigenvalue weighted by atomic mass is 10.2. The van der Waals surface area contributed by atoms with Crippen LogP contribution in [0.4, 0.5) is 0 Å². The third kappa shape index (κ3) is 3.62. The topological polar surface area (TPSA) is 81.2 Å². The maximum absolute atomic E-state index is 11.8. The van der Waals surface area contributed by atoms with Crippen molar-refractivity contribution >= 4 is 23.1 Å². The van der Waals surface area contributed by atoms with E-state index in [1.54, 1.807) is 18.4 Å². The first-order valence-electron chi connectivity index (χ1n) is 5.73. The smallest absolute Gasteiger partial charge is 0.269 e. The van der Waals surface area contributed by atoms with Gasteiger partial charge in [0.1, 0.15) is 16.4 Å². The molecule has 0 bridgehead atoms. The van der Waals surface area contributed by atoms with E-state index in [-0.39, 0.29) is 10.9 Å². The van der Waals surface area contributed by atoms with Crippen LogP contribution in [0.3, 0.4) is 0 Å². The first-order valence-corrected chi connectivity index (χ1v) is 6.14. The van der Waals surface area contributed by atoms with Crippen molar-refractivity contribution in [3.63, 3.8) is 0 Å². The molecule has 1 amide bonds. The minimum atomic E-state index is -0.235. The molecule has 3 N–H and O–H groups in total. The lowest BCUT2D eigenvalue weighted by Crippen LogP contribution is -2.26. The predicted molar refractivity (Wildman–Crippen MR) is 74.9 cm³/mol. The van der Waals surface area contributed by atoms with Crippen LogP contribution in [0.15, 0.2) is 41.1 Å². The number of nitrogens with two attached hydrogens (primary N) is 1.